The second kappa shape index (κ2) is 21.2. The summed E-state index contributed by atoms with van der Waals surface area (Å²) < 4.78 is 10.8. The Labute approximate surface area is 327 Å². The van der Waals surface area contributed by atoms with E-state index in [2.05, 4.69) is 77.8 Å². The van der Waals surface area contributed by atoms with Gasteiger partial charge in [0, 0.05) is 12.6 Å². The van der Waals surface area contributed by atoms with E-state index in [-0.39, 0.29) is 37.4 Å². The molecular formula is C46H58N4O5. The van der Waals surface area contributed by atoms with Gasteiger partial charge >= 0.3 is 0 Å². The Bertz CT molecular complexity index is 1790. The van der Waals surface area contributed by atoms with Crippen LogP contribution >= 0.6 is 0 Å². The van der Waals surface area contributed by atoms with Gasteiger partial charge in [-0.25, -0.2) is 0 Å². The fourth-order valence-electron chi connectivity index (χ4n) is 7.56. The Morgan fingerprint density at radius 3 is 1.60 bits per heavy atom. The van der Waals surface area contributed by atoms with Crippen LogP contribution in [0.2, 0.25) is 0 Å². The Morgan fingerprint density at radius 2 is 1.09 bits per heavy atom. The summed E-state index contributed by atoms with van der Waals surface area (Å²) >= 11 is 0. The van der Waals surface area contributed by atoms with Crippen LogP contribution in [0.5, 0.6) is 11.5 Å². The standard InChI is InChI=1S/C22H26N2O2.C11H11NO3.C11H15N.C2H6/c1-17(15-24-20-9-5-6-10-21(20)26-16-22(24)25)23-13-11-19(12-14-23)18-7-3-2-4-8-18;1-8(13)6-12-9-4-2-3-5-10(9)15-7-11(12)14;1-2-4-10(5-3-1)11-6-8-12-9-7-11;1-2/h2-10,17,19H,11-16H2,1H3;2-5H,6-7H2,1H3;1-5,11-12H,6-9H2;1-2H3. The molecule has 292 valence electrons. The molecule has 0 aromatic heterocycles. The Balaban J connectivity index is 0.000000169. The summed E-state index contributed by atoms with van der Waals surface area (Å²) in [5.74, 6) is 2.75. The average Bonchev–Trinajstić information content (AvgIpc) is 3.25. The van der Waals surface area contributed by atoms with Crippen LogP contribution in [0.15, 0.2) is 109 Å². The fraction of sp³-hybridized carbons (Fsp3) is 0.413. The minimum Gasteiger partial charge on any atom is -0.482 e. The second-order valence-electron chi connectivity index (χ2n) is 14.2. The molecule has 9 heteroatoms. The highest BCUT2D eigenvalue weighted by molar-refractivity contribution is 6.02. The normalized spacial score (nSPS) is 17.6. The van der Waals surface area contributed by atoms with Gasteiger partial charge in [0.25, 0.3) is 11.8 Å². The minimum absolute atomic E-state index is 0.00426. The highest BCUT2D eigenvalue weighted by atomic mass is 16.5. The molecule has 55 heavy (non-hydrogen) atoms. The molecule has 8 rings (SSSR count). The van der Waals surface area contributed by atoms with Crippen molar-refractivity contribution in [3.05, 3.63) is 120 Å². The molecule has 0 bridgehead atoms. The summed E-state index contributed by atoms with van der Waals surface area (Å²) in [4.78, 5) is 40.8. The van der Waals surface area contributed by atoms with Gasteiger partial charge in [-0.3, -0.25) is 24.2 Å². The third-order valence-corrected chi connectivity index (χ3v) is 10.5. The minimum atomic E-state index is -0.177. The number of hydrogen-bond acceptors (Lipinski definition) is 7. The molecular weight excluding hydrogens is 689 g/mol. The number of anilines is 2. The lowest BCUT2D eigenvalue weighted by Crippen LogP contribution is -2.49. The SMILES string of the molecule is CC.CC(=O)CN1C(=O)COc2ccccc21.CC(CN1C(=O)COc2ccccc21)N1CCC(c2ccccc2)CC1.c1ccc(C2CCNCC2)cc1. The number of piperidine rings is 2. The van der Waals surface area contributed by atoms with Crippen LogP contribution in [0.3, 0.4) is 0 Å². The molecule has 0 spiro atoms. The van der Waals surface area contributed by atoms with Crippen molar-refractivity contribution in [1.82, 2.24) is 10.2 Å². The first-order valence-electron chi connectivity index (χ1n) is 20.0. The topological polar surface area (TPSA) is 91.4 Å². The number of benzene rings is 4. The molecule has 1 atom stereocenters. The molecule has 4 heterocycles. The number of amides is 2. The van der Waals surface area contributed by atoms with Crippen molar-refractivity contribution in [1.29, 1.82) is 0 Å². The van der Waals surface area contributed by atoms with Crippen molar-refractivity contribution in [2.24, 2.45) is 0 Å². The van der Waals surface area contributed by atoms with Crippen LogP contribution < -0.4 is 24.6 Å². The second-order valence-corrected chi connectivity index (χ2v) is 14.2. The number of carbonyl (C=O) groups is 3. The molecule has 4 aliphatic rings. The highest BCUT2D eigenvalue weighted by Gasteiger charge is 2.30. The summed E-state index contributed by atoms with van der Waals surface area (Å²) in [5, 5.41) is 3.38. The Hall–Kier alpha value is -4.99. The number of ether oxygens (including phenoxy) is 2. The first-order valence-corrected chi connectivity index (χ1v) is 20.0. The molecule has 1 N–H and O–H groups in total. The van der Waals surface area contributed by atoms with E-state index in [9.17, 15) is 14.4 Å². The zero-order valence-corrected chi connectivity index (χ0v) is 33.0. The average molecular weight is 747 g/mol. The van der Waals surface area contributed by atoms with Crippen LogP contribution in [0.1, 0.15) is 76.3 Å². The van der Waals surface area contributed by atoms with Gasteiger partial charge in [0.1, 0.15) is 17.3 Å². The van der Waals surface area contributed by atoms with Crippen LogP contribution in [-0.4, -0.2) is 81.0 Å². The molecule has 0 radical (unpaired) electrons. The van der Waals surface area contributed by atoms with Crippen LogP contribution in [0.4, 0.5) is 11.4 Å². The predicted octanol–water partition coefficient (Wildman–Crippen LogP) is 7.86. The lowest BCUT2D eigenvalue weighted by Gasteiger charge is -2.39. The van der Waals surface area contributed by atoms with Crippen LogP contribution in [0, 0.1) is 0 Å². The van der Waals surface area contributed by atoms with E-state index in [4.69, 9.17) is 9.47 Å². The van der Waals surface area contributed by atoms with Crippen molar-refractivity contribution >= 4 is 29.0 Å². The van der Waals surface area contributed by atoms with E-state index < -0.39 is 0 Å². The molecule has 9 nitrogen and oxygen atoms in total. The molecule has 2 saturated heterocycles. The molecule has 4 aromatic rings. The van der Waals surface area contributed by atoms with Crippen molar-refractivity contribution in [3.8, 4) is 11.5 Å². The quantitative estimate of drug-likeness (QED) is 0.206. The van der Waals surface area contributed by atoms with Crippen molar-refractivity contribution in [3.63, 3.8) is 0 Å². The number of Topliss-reactive ketones (excluding diaryl/α,β-unsaturated/α-hetero) is 1. The first-order chi connectivity index (χ1) is 26.9. The molecule has 2 fully saturated rings. The summed E-state index contributed by atoms with van der Waals surface area (Å²) in [6, 6.07) is 37.0. The van der Waals surface area contributed by atoms with Crippen molar-refractivity contribution < 1.29 is 23.9 Å². The maximum absolute atomic E-state index is 12.4. The largest absolute Gasteiger partial charge is 0.482 e. The summed E-state index contributed by atoms with van der Waals surface area (Å²) in [5.41, 5.74) is 4.54. The van der Waals surface area contributed by atoms with Crippen molar-refractivity contribution in [2.75, 3.05) is 62.3 Å². The molecule has 2 amide bonds. The van der Waals surface area contributed by atoms with E-state index in [1.165, 1.54) is 61.7 Å². The van der Waals surface area contributed by atoms with Gasteiger partial charge in [-0.05, 0) is 113 Å². The van der Waals surface area contributed by atoms with E-state index in [0.29, 0.717) is 23.4 Å². The van der Waals surface area contributed by atoms with Gasteiger partial charge in [-0.15, -0.1) is 0 Å². The molecule has 1 unspecified atom stereocenters. The van der Waals surface area contributed by atoms with E-state index in [1.54, 1.807) is 12.1 Å². The van der Waals surface area contributed by atoms with Gasteiger partial charge in [-0.2, -0.15) is 0 Å². The Morgan fingerprint density at radius 1 is 0.655 bits per heavy atom. The number of hydrogen-bond donors (Lipinski definition) is 1. The summed E-state index contributed by atoms with van der Waals surface area (Å²) in [7, 11) is 0. The first kappa shape index (κ1) is 41.2. The monoisotopic (exact) mass is 746 g/mol. The number of likely N-dealkylation sites (tertiary alicyclic amines) is 1. The van der Waals surface area contributed by atoms with Gasteiger partial charge in [0.05, 0.1) is 17.9 Å². The van der Waals surface area contributed by atoms with E-state index >= 15 is 0 Å². The lowest BCUT2D eigenvalue weighted by atomic mass is 9.89. The van der Waals surface area contributed by atoms with Crippen molar-refractivity contribution in [2.45, 2.75) is 71.3 Å². The fourth-order valence-corrected chi connectivity index (χ4v) is 7.56. The number of nitrogens with one attached hydrogen (secondary N) is 1. The number of rotatable bonds is 7. The van der Waals surface area contributed by atoms with Gasteiger partial charge < -0.3 is 19.7 Å². The number of fused-ring (bicyclic) bond motifs is 2. The number of ketones is 1. The zero-order valence-electron chi connectivity index (χ0n) is 33.0. The Kier molecular flexibility index (Phi) is 15.9. The van der Waals surface area contributed by atoms with Crippen LogP contribution in [-0.2, 0) is 14.4 Å². The number of para-hydroxylation sites is 4. The molecule has 4 aromatic carbocycles. The third-order valence-electron chi connectivity index (χ3n) is 10.5. The zero-order chi connectivity index (χ0) is 39.0. The van der Waals surface area contributed by atoms with Gasteiger partial charge in [0.15, 0.2) is 13.2 Å². The summed E-state index contributed by atoms with van der Waals surface area (Å²) in [6.45, 7) is 13.2. The molecule has 0 aliphatic carbocycles. The smallest absolute Gasteiger partial charge is 0.265 e. The number of nitrogens with zero attached hydrogens (tertiary/aromatic N) is 3. The highest BCUT2D eigenvalue weighted by Crippen LogP contribution is 2.34. The molecule has 4 aliphatic heterocycles. The third kappa shape index (κ3) is 11.5. The van der Waals surface area contributed by atoms with Crippen LogP contribution in [0.25, 0.3) is 0 Å². The maximum Gasteiger partial charge on any atom is 0.265 e. The summed E-state index contributed by atoms with van der Waals surface area (Å²) in [6.07, 6.45) is 4.96. The maximum atomic E-state index is 12.4. The van der Waals surface area contributed by atoms with Gasteiger partial charge in [-0.1, -0.05) is 98.8 Å². The van der Waals surface area contributed by atoms with Gasteiger partial charge in [0.2, 0.25) is 0 Å². The van der Waals surface area contributed by atoms with E-state index in [0.717, 1.165) is 37.0 Å². The molecule has 0 saturated carbocycles. The number of carbonyl (C=O) groups excluding carboxylic acids is 3. The lowest BCUT2D eigenvalue weighted by molar-refractivity contribution is -0.123. The van der Waals surface area contributed by atoms with E-state index in [1.807, 2.05) is 55.1 Å². The predicted molar refractivity (Wildman–Crippen MR) is 221 cm³/mol.